The van der Waals surface area contributed by atoms with Crippen molar-refractivity contribution in [3.05, 3.63) is 90.6 Å². The summed E-state index contributed by atoms with van der Waals surface area (Å²) in [5.74, 6) is 0.343. The van der Waals surface area contributed by atoms with Crippen molar-refractivity contribution in [2.75, 3.05) is 5.32 Å². The van der Waals surface area contributed by atoms with E-state index in [1.165, 1.54) is 0 Å². The summed E-state index contributed by atoms with van der Waals surface area (Å²) in [6, 6.07) is 17.7. The highest BCUT2D eigenvalue weighted by Crippen LogP contribution is 2.31. The van der Waals surface area contributed by atoms with E-state index < -0.39 is 0 Å². The van der Waals surface area contributed by atoms with Crippen molar-refractivity contribution >= 4 is 17.6 Å². The predicted molar refractivity (Wildman–Crippen MR) is 144 cm³/mol. The molecule has 0 aliphatic heterocycles. The summed E-state index contributed by atoms with van der Waals surface area (Å²) < 4.78 is 7.40. The summed E-state index contributed by atoms with van der Waals surface area (Å²) in [4.78, 5) is 21.1. The van der Waals surface area contributed by atoms with Gasteiger partial charge in [-0.05, 0) is 53.8 Å². The average molecular weight is 495 g/mol. The third kappa shape index (κ3) is 5.09. The van der Waals surface area contributed by atoms with Crippen LogP contribution in [0.1, 0.15) is 44.9 Å². The monoisotopic (exact) mass is 494 g/mol. The van der Waals surface area contributed by atoms with Crippen molar-refractivity contribution in [3.63, 3.8) is 0 Å². The number of nitrogens with one attached hydrogen (secondary N) is 2. The minimum Gasteiger partial charge on any atom is -0.338 e. The van der Waals surface area contributed by atoms with Gasteiger partial charge in [0.15, 0.2) is 0 Å². The zero-order chi connectivity index (χ0) is 25.8. The van der Waals surface area contributed by atoms with E-state index >= 15 is 0 Å². The molecule has 0 atom stereocenters. The van der Waals surface area contributed by atoms with Crippen LogP contribution in [0.25, 0.3) is 28.0 Å². The molecule has 0 aliphatic carbocycles. The summed E-state index contributed by atoms with van der Waals surface area (Å²) >= 11 is 0. The molecular weight excluding hydrogens is 464 g/mol. The number of rotatable bonds is 8. The number of fused-ring (bicyclic) bond motifs is 1. The van der Waals surface area contributed by atoms with Crippen molar-refractivity contribution in [1.29, 1.82) is 0 Å². The van der Waals surface area contributed by atoms with E-state index in [1.54, 1.807) is 18.5 Å². The Bertz CT molecular complexity index is 1500. The molecule has 0 saturated carbocycles. The van der Waals surface area contributed by atoms with Crippen LogP contribution >= 0.6 is 0 Å². The molecule has 4 aromatic heterocycles. The Hall–Kier alpha value is -4.46. The van der Waals surface area contributed by atoms with E-state index in [0.717, 1.165) is 52.1 Å². The number of amides is 2. The molecule has 0 fully saturated rings. The number of hydrogen-bond acceptors (Lipinski definition) is 5. The van der Waals surface area contributed by atoms with Gasteiger partial charge in [-0.3, -0.25) is 14.7 Å². The largest absolute Gasteiger partial charge is 0.338 e. The SMILES string of the molecule is CCC(C)(CC)c1cc(NC(=O)NCc2ccc(-c3cnc4cc(-c5ccncc5)ccn34)cc2)on1. The van der Waals surface area contributed by atoms with Crippen LogP contribution in [0, 0.1) is 0 Å². The normalized spacial score (nSPS) is 11.5. The first-order chi connectivity index (χ1) is 18.0. The maximum Gasteiger partial charge on any atom is 0.321 e. The summed E-state index contributed by atoms with van der Waals surface area (Å²) in [5.41, 5.74) is 6.89. The first kappa shape index (κ1) is 24.2. The van der Waals surface area contributed by atoms with Gasteiger partial charge in [-0.25, -0.2) is 9.78 Å². The van der Waals surface area contributed by atoms with Crippen LogP contribution in [0.5, 0.6) is 0 Å². The Labute approximate surface area is 215 Å². The molecule has 0 saturated heterocycles. The summed E-state index contributed by atoms with van der Waals surface area (Å²) in [6.45, 7) is 6.78. The van der Waals surface area contributed by atoms with E-state index in [0.29, 0.717) is 12.4 Å². The first-order valence-electron chi connectivity index (χ1n) is 12.5. The van der Waals surface area contributed by atoms with Gasteiger partial charge >= 0.3 is 6.03 Å². The predicted octanol–water partition coefficient (Wildman–Crippen LogP) is 6.45. The number of carbonyl (C=O) groups is 1. The summed E-state index contributed by atoms with van der Waals surface area (Å²) in [6.07, 6.45) is 9.37. The van der Waals surface area contributed by atoms with Gasteiger partial charge in [-0.1, -0.05) is 50.2 Å². The lowest BCUT2D eigenvalue weighted by molar-refractivity contribution is 0.250. The Morgan fingerprint density at radius 1 is 0.973 bits per heavy atom. The smallest absolute Gasteiger partial charge is 0.321 e. The third-order valence-electron chi connectivity index (χ3n) is 7.16. The number of benzene rings is 1. The highest BCUT2D eigenvalue weighted by molar-refractivity contribution is 5.87. The van der Waals surface area contributed by atoms with Crippen LogP contribution in [-0.4, -0.2) is 25.6 Å². The lowest BCUT2D eigenvalue weighted by atomic mass is 9.81. The standard InChI is InChI=1S/C29H30N6O2/c1-4-29(3,5-2)25-17-27(37-34-25)33-28(36)32-18-20-6-8-22(9-7-20)24-19-31-26-16-23(12-15-35(24)26)21-10-13-30-14-11-21/h6-17,19H,4-5,18H2,1-3H3,(H2,32,33,36). The van der Waals surface area contributed by atoms with Gasteiger partial charge in [0.1, 0.15) is 5.65 Å². The van der Waals surface area contributed by atoms with Gasteiger partial charge in [0.2, 0.25) is 5.88 Å². The van der Waals surface area contributed by atoms with E-state index in [2.05, 4.69) is 63.1 Å². The molecule has 5 aromatic rings. The molecule has 4 heterocycles. The highest BCUT2D eigenvalue weighted by Gasteiger charge is 2.26. The number of carbonyl (C=O) groups excluding carboxylic acids is 1. The molecule has 2 N–H and O–H groups in total. The molecule has 1 aromatic carbocycles. The molecule has 8 nitrogen and oxygen atoms in total. The van der Waals surface area contributed by atoms with Crippen molar-refractivity contribution < 1.29 is 9.32 Å². The number of aromatic nitrogens is 4. The molecule has 0 radical (unpaired) electrons. The number of nitrogens with zero attached hydrogens (tertiary/aromatic N) is 4. The maximum absolute atomic E-state index is 12.4. The molecule has 0 spiro atoms. The lowest BCUT2D eigenvalue weighted by Gasteiger charge is -2.22. The second-order valence-electron chi connectivity index (χ2n) is 9.37. The minimum atomic E-state index is -0.340. The van der Waals surface area contributed by atoms with E-state index in [4.69, 9.17) is 4.52 Å². The van der Waals surface area contributed by atoms with E-state index in [-0.39, 0.29) is 11.4 Å². The molecule has 37 heavy (non-hydrogen) atoms. The zero-order valence-electron chi connectivity index (χ0n) is 21.2. The van der Waals surface area contributed by atoms with Gasteiger partial charge in [0.25, 0.3) is 0 Å². The molecule has 188 valence electrons. The lowest BCUT2D eigenvalue weighted by Crippen LogP contribution is -2.28. The molecular formula is C29H30N6O2. The second-order valence-corrected chi connectivity index (χ2v) is 9.37. The van der Waals surface area contributed by atoms with Gasteiger partial charge in [0.05, 0.1) is 17.6 Å². The number of anilines is 1. The Balaban J connectivity index is 1.21. The van der Waals surface area contributed by atoms with E-state index in [1.807, 2.05) is 48.8 Å². The number of pyridine rings is 2. The van der Waals surface area contributed by atoms with Crippen LogP contribution in [-0.2, 0) is 12.0 Å². The van der Waals surface area contributed by atoms with Crippen LogP contribution < -0.4 is 10.6 Å². The quantitative estimate of drug-likeness (QED) is 0.258. The van der Waals surface area contributed by atoms with Gasteiger partial charge in [-0.15, -0.1) is 0 Å². The average Bonchev–Trinajstić information content (AvgIpc) is 3.59. The zero-order valence-corrected chi connectivity index (χ0v) is 21.2. The van der Waals surface area contributed by atoms with Crippen LogP contribution in [0.4, 0.5) is 10.7 Å². The van der Waals surface area contributed by atoms with Crippen LogP contribution in [0.15, 0.2) is 83.9 Å². The summed E-state index contributed by atoms with van der Waals surface area (Å²) in [5, 5.41) is 9.75. The summed E-state index contributed by atoms with van der Waals surface area (Å²) in [7, 11) is 0. The maximum atomic E-state index is 12.4. The molecule has 8 heteroatoms. The van der Waals surface area contributed by atoms with Crippen molar-refractivity contribution in [2.45, 2.75) is 45.6 Å². The number of urea groups is 1. The fraction of sp³-hybridized carbons (Fsp3) is 0.241. The van der Waals surface area contributed by atoms with E-state index in [9.17, 15) is 4.79 Å². The second kappa shape index (κ2) is 10.3. The van der Waals surface area contributed by atoms with Gasteiger partial charge in [-0.2, -0.15) is 0 Å². The van der Waals surface area contributed by atoms with Gasteiger partial charge < -0.3 is 9.84 Å². The first-order valence-corrected chi connectivity index (χ1v) is 12.5. The molecule has 5 rings (SSSR count). The minimum absolute atomic E-state index is 0.0651. The fourth-order valence-electron chi connectivity index (χ4n) is 4.28. The molecule has 0 bridgehead atoms. The third-order valence-corrected chi connectivity index (χ3v) is 7.16. The number of imidazole rings is 1. The number of hydrogen-bond donors (Lipinski definition) is 2. The molecule has 0 aliphatic rings. The van der Waals surface area contributed by atoms with Crippen LogP contribution in [0.2, 0.25) is 0 Å². The topological polar surface area (TPSA) is 97.3 Å². The van der Waals surface area contributed by atoms with Crippen molar-refractivity contribution in [2.24, 2.45) is 0 Å². The fourth-order valence-corrected chi connectivity index (χ4v) is 4.28. The Morgan fingerprint density at radius 2 is 1.73 bits per heavy atom. The van der Waals surface area contributed by atoms with Gasteiger partial charge in [0, 0.05) is 42.2 Å². The molecule has 2 amide bonds. The highest BCUT2D eigenvalue weighted by atomic mass is 16.5. The van der Waals surface area contributed by atoms with Crippen molar-refractivity contribution in [1.82, 2.24) is 24.8 Å². The van der Waals surface area contributed by atoms with Crippen LogP contribution in [0.3, 0.4) is 0 Å². The Morgan fingerprint density at radius 3 is 2.46 bits per heavy atom. The molecule has 0 unspecified atom stereocenters. The Kier molecular flexibility index (Phi) is 6.72. The van der Waals surface area contributed by atoms with Crippen molar-refractivity contribution in [3.8, 4) is 22.4 Å².